The molecule has 1 aliphatic rings. The maximum absolute atomic E-state index is 14.3. The zero-order chi connectivity index (χ0) is 48.4. The van der Waals surface area contributed by atoms with Crippen LogP contribution in [0.2, 0.25) is 54.4 Å². The minimum atomic E-state index is -1.93. The Morgan fingerprint density at radius 1 is 0.841 bits per heavy atom. The maximum atomic E-state index is 14.3. The molecule has 1 aliphatic heterocycles. The van der Waals surface area contributed by atoms with E-state index in [9.17, 15) is 4.79 Å². The van der Waals surface area contributed by atoms with Gasteiger partial charge in [0.2, 0.25) is 0 Å². The molecule has 0 radical (unpaired) electrons. The van der Waals surface area contributed by atoms with Crippen LogP contribution in [0.5, 0.6) is 0 Å². The molecule has 368 valence electrons. The number of hydrogen-bond acceptors (Lipinski definition) is 7. The highest BCUT2D eigenvalue weighted by molar-refractivity contribution is 6.74. The highest BCUT2D eigenvalue weighted by Crippen LogP contribution is 2.40. The molecule has 1 rings (SSSR count). The fraction of sp³-hybridized carbons (Fsp3) is 0.830. The van der Waals surface area contributed by atoms with Crippen LogP contribution in [-0.2, 0) is 32.3 Å². The molecule has 0 N–H and O–H groups in total. The van der Waals surface area contributed by atoms with Gasteiger partial charge >= 0.3 is 5.97 Å². The fourth-order valence-corrected chi connectivity index (χ4v) is 16.6. The van der Waals surface area contributed by atoms with E-state index < -0.39 is 30.7 Å². The Bertz CT molecular complexity index is 1400. The van der Waals surface area contributed by atoms with Gasteiger partial charge in [0.15, 0.2) is 30.7 Å². The Morgan fingerprint density at radius 2 is 1.38 bits per heavy atom. The second-order valence-corrected chi connectivity index (χ2v) is 35.7. The lowest BCUT2D eigenvalue weighted by Crippen LogP contribution is -2.47. The van der Waals surface area contributed by atoms with Crippen LogP contribution >= 0.6 is 0 Å². The first-order valence-electron chi connectivity index (χ1n) is 25.4. The molecular formula is C53H102O7Si3. The van der Waals surface area contributed by atoms with Crippen molar-refractivity contribution in [2.45, 2.75) is 240 Å². The SMILES string of the molecule is C=C[C@H](C)C[C@@H](C)[C@H](OC(=O)CC1(OC)CC=C(C)[C@@H](/C(C)=C/CCC[C@H](C=C)O[Si](C)(C)C(C)(C)C)O1)[C@H](C)C[C@@H](C)[C@H](O[Si](CC)(CC)CC)[C@H](C)CO[Si](CC)(CC)CC. The van der Waals surface area contributed by atoms with Crippen molar-refractivity contribution in [1.29, 1.82) is 0 Å². The zero-order valence-electron chi connectivity index (χ0n) is 44.7. The van der Waals surface area contributed by atoms with Crippen molar-refractivity contribution in [2.24, 2.45) is 29.6 Å². The van der Waals surface area contributed by atoms with Gasteiger partial charge in [0.1, 0.15) is 12.2 Å². The first kappa shape index (κ1) is 59.9. The summed E-state index contributed by atoms with van der Waals surface area (Å²) in [6.45, 7) is 49.8. The molecular weight excluding hydrogens is 833 g/mol. The third-order valence-electron chi connectivity index (χ3n) is 15.7. The summed E-state index contributed by atoms with van der Waals surface area (Å²) in [7, 11) is -3.93. The molecule has 0 saturated carbocycles. The topological polar surface area (TPSA) is 72.5 Å². The van der Waals surface area contributed by atoms with Gasteiger partial charge in [-0.05, 0) is 135 Å². The van der Waals surface area contributed by atoms with Crippen LogP contribution in [0.4, 0.5) is 0 Å². The Morgan fingerprint density at radius 3 is 1.87 bits per heavy atom. The summed E-state index contributed by atoms with van der Waals surface area (Å²) in [5, 5.41) is 0.152. The monoisotopic (exact) mass is 935 g/mol. The van der Waals surface area contributed by atoms with E-state index >= 15 is 0 Å². The molecule has 0 bridgehead atoms. The molecule has 1 heterocycles. The molecule has 0 fully saturated rings. The van der Waals surface area contributed by atoms with E-state index in [1.807, 2.05) is 12.2 Å². The normalized spacial score (nSPS) is 22.0. The molecule has 0 aromatic rings. The highest BCUT2D eigenvalue weighted by atomic mass is 28.4. The zero-order valence-corrected chi connectivity index (χ0v) is 47.7. The molecule has 63 heavy (non-hydrogen) atoms. The number of carbonyl (C=O) groups excluding carboxylic acids is 1. The molecule has 0 saturated heterocycles. The molecule has 1 unspecified atom stereocenters. The van der Waals surface area contributed by atoms with E-state index in [1.54, 1.807) is 7.11 Å². The Kier molecular flexibility index (Phi) is 26.3. The second-order valence-electron chi connectivity index (χ2n) is 21.4. The molecule has 0 aromatic heterocycles. The summed E-state index contributed by atoms with van der Waals surface area (Å²) in [5.41, 5.74) is 2.25. The quantitative estimate of drug-likeness (QED) is 0.0288. The largest absolute Gasteiger partial charge is 0.462 e. The summed E-state index contributed by atoms with van der Waals surface area (Å²) >= 11 is 0. The summed E-state index contributed by atoms with van der Waals surface area (Å²) in [4.78, 5) is 14.3. The molecule has 10 atom stereocenters. The number of esters is 1. The van der Waals surface area contributed by atoms with Crippen LogP contribution in [0.25, 0.3) is 0 Å². The Hall–Kier alpha value is -1.12. The van der Waals surface area contributed by atoms with Crippen LogP contribution < -0.4 is 0 Å². The van der Waals surface area contributed by atoms with Crippen LogP contribution in [0.3, 0.4) is 0 Å². The fourth-order valence-electron chi connectivity index (χ4n) is 9.50. The summed E-state index contributed by atoms with van der Waals surface area (Å²) < 4.78 is 40.6. The van der Waals surface area contributed by atoms with E-state index in [0.29, 0.717) is 12.3 Å². The third kappa shape index (κ3) is 18.1. The van der Waals surface area contributed by atoms with E-state index in [2.05, 4.69) is 149 Å². The number of unbranched alkanes of at least 4 members (excludes halogenated alkanes) is 1. The van der Waals surface area contributed by atoms with Gasteiger partial charge in [-0.2, -0.15) is 0 Å². The highest BCUT2D eigenvalue weighted by Gasteiger charge is 2.43. The number of carbonyl (C=O) groups is 1. The van der Waals surface area contributed by atoms with Gasteiger partial charge in [0.05, 0.1) is 18.6 Å². The Labute approximate surface area is 393 Å². The lowest BCUT2D eigenvalue weighted by Gasteiger charge is -2.42. The maximum Gasteiger partial charge on any atom is 0.311 e. The van der Waals surface area contributed by atoms with Crippen LogP contribution in [-0.4, -0.2) is 74.8 Å². The molecule has 10 heteroatoms. The van der Waals surface area contributed by atoms with Crippen molar-refractivity contribution in [2.75, 3.05) is 13.7 Å². The van der Waals surface area contributed by atoms with Gasteiger partial charge in [-0.15, -0.1) is 13.2 Å². The van der Waals surface area contributed by atoms with Gasteiger partial charge in [-0.1, -0.05) is 121 Å². The standard InChI is InChI=1S/C53H102O7Si3/c1-22-40(9)36-43(12)49(44(13)37-45(14)51(60-63(27-6,28-7)29-8)46(15)39-56-62(24-3,25-4)26-5)57-48(54)38-53(55-19)35-34-42(11)50(58-53)41(10)32-30-31-33-47(23-2)59-61(20,21)52(16,17)18/h22-23,32,34,40,43-47,49-51H,1-2,24-31,33,35-39H2,3-21H3/b41-32+/t40-,43+,44+,45+,46+,47-,49-,50+,51-,53?/m0/s1. The minimum Gasteiger partial charge on any atom is -0.462 e. The number of methoxy groups -OCH3 is 1. The lowest BCUT2D eigenvalue weighted by molar-refractivity contribution is -0.244. The van der Waals surface area contributed by atoms with Crippen molar-refractivity contribution >= 4 is 30.9 Å². The van der Waals surface area contributed by atoms with Gasteiger partial charge in [-0.25, -0.2) is 0 Å². The smallest absolute Gasteiger partial charge is 0.311 e. The Balaban J connectivity index is 3.33. The molecule has 7 nitrogen and oxygen atoms in total. The van der Waals surface area contributed by atoms with Crippen LogP contribution in [0.15, 0.2) is 48.6 Å². The van der Waals surface area contributed by atoms with Gasteiger partial charge in [0.25, 0.3) is 0 Å². The van der Waals surface area contributed by atoms with E-state index in [0.717, 1.165) is 86.1 Å². The van der Waals surface area contributed by atoms with Crippen molar-refractivity contribution in [3.8, 4) is 0 Å². The van der Waals surface area contributed by atoms with E-state index in [4.69, 9.17) is 27.5 Å². The number of allylic oxidation sites excluding steroid dienone is 2. The number of ether oxygens (including phenoxy) is 3. The summed E-state index contributed by atoms with van der Waals surface area (Å²) in [5.74, 6) is -0.354. The molecule has 0 amide bonds. The average Bonchev–Trinajstić information content (AvgIpc) is 3.25. The first-order valence-corrected chi connectivity index (χ1v) is 33.3. The molecule has 0 aromatic carbocycles. The van der Waals surface area contributed by atoms with Crippen LogP contribution in [0.1, 0.15) is 156 Å². The summed E-state index contributed by atoms with van der Waals surface area (Å²) in [6.07, 6.45) is 13.1. The molecule has 0 aliphatic carbocycles. The number of rotatable bonds is 32. The first-order chi connectivity index (χ1) is 29.4. The van der Waals surface area contributed by atoms with Gasteiger partial charge < -0.3 is 27.5 Å². The van der Waals surface area contributed by atoms with Crippen molar-refractivity contribution in [3.05, 3.63) is 48.6 Å². The minimum absolute atomic E-state index is 0.0149. The third-order valence-corrected chi connectivity index (χ3v) is 29.4. The van der Waals surface area contributed by atoms with Gasteiger partial charge in [0, 0.05) is 26.1 Å². The van der Waals surface area contributed by atoms with Crippen molar-refractivity contribution in [3.63, 3.8) is 0 Å². The van der Waals surface area contributed by atoms with Gasteiger partial charge in [-0.3, -0.25) is 4.79 Å². The number of hydrogen-bond donors (Lipinski definition) is 0. The average molecular weight is 936 g/mol. The predicted octanol–water partition coefficient (Wildman–Crippen LogP) is 15.6. The van der Waals surface area contributed by atoms with Crippen LogP contribution in [0, 0.1) is 29.6 Å². The van der Waals surface area contributed by atoms with Crippen molar-refractivity contribution in [1.82, 2.24) is 0 Å². The van der Waals surface area contributed by atoms with E-state index in [-0.39, 0.29) is 65.5 Å². The van der Waals surface area contributed by atoms with E-state index in [1.165, 1.54) is 0 Å². The second kappa shape index (κ2) is 27.6. The lowest BCUT2D eigenvalue weighted by atomic mass is 9.80. The summed E-state index contributed by atoms with van der Waals surface area (Å²) in [6, 6.07) is 6.76. The molecule has 0 spiro atoms. The predicted molar refractivity (Wildman–Crippen MR) is 278 cm³/mol. The van der Waals surface area contributed by atoms with Crippen molar-refractivity contribution < 1.29 is 32.3 Å².